The first-order chi connectivity index (χ1) is 9.15. The van der Waals surface area contributed by atoms with E-state index in [9.17, 15) is 5.11 Å². The van der Waals surface area contributed by atoms with Crippen molar-refractivity contribution in [3.05, 3.63) is 23.8 Å². The molecule has 1 saturated carbocycles. The van der Waals surface area contributed by atoms with Gasteiger partial charge >= 0.3 is 0 Å². The molecule has 1 aromatic carbocycles. The zero-order valence-electron chi connectivity index (χ0n) is 12.1. The molecule has 3 heteroatoms. The van der Waals surface area contributed by atoms with Crippen molar-refractivity contribution in [3.63, 3.8) is 0 Å². The van der Waals surface area contributed by atoms with Crippen molar-refractivity contribution in [2.75, 3.05) is 7.11 Å². The quantitative estimate of drug-likeness (QED) is 0.856. The molecule has 0 aromatic heterocycles. The second kappa shape index (κ2) is 6.29. The van der Waals surface area contributed by atoms with Gasteiger partial charge in [-0.1, -0.05) is 26.3 Å². The first kappa shape index (κ1) is 14.2. The van der Waals surface area contributed by atoms with Crippen LogP contribution in [0.4, 0.5) is 0 Å². The number of methoxy groups -OCH3 is 1. The molecule has 0 radical (unpaired) electrons. The van der Waals surface area contributed by atoms with Crippen molar-refractivity contribution < 1.29 is 9.84 Å². The molecule has 3 unspecified atom stereocenters. The van der Waals surface area contributed by atoms with Crippen LogP contribution in [0.1, 0.15) is 38.7 Å². The minimum Gasteiger partial charge on any atom is -0.504 e. The molecule has 0 saturated heterocycles. The number of ether oxygens (including phenoxy) is 1. The lowest BCUT2D eigenvalue weighted by Gasteiger charge is -2.21. The molecule has 1 aliphatic carbocycles. The van der Waals surface area contributed by atoms with Gasteiger partial charge in [-0.15, -0.1) is 0 Å². The molecule has 106 valence electrons. The minimum atomic E-state index is 0.200. The van der Waals surface area contributed by atoms with Gasteiger partial charge in [-0.05, 0) is 42.4 Å². The maximum atomic E-state index is 9.58. The smallest absolute Gasteiger partial charge is 0.160 e. The molecule has 0 amide bonds. The number of aromatic hydroxyl groups is 1. The largest absolute Gasteiger partial charge is 0.504 e. The van der Waals surface area contributed by atoms with E-state index in [-0.39, 0.29) is 5.75 Å². The molecule has 2 N–H and O–H groups in total. The molecule has 19 heavy (non-hydrogen) atoms. The van der Waals surface area contributed by atoms with E-state index in [0.717, 1.165) is 23.9 Å². The Morgan fingerprint density at radius 3 is 2.79 bits per heavy atom. The summed E-state index contributed by atoms with van der Waals surface area (Å²) in [4.78, 5) is 0. The fraction of sp³-hybridized carbons (Fsp3) is 0.625. The zero-order valence-corrected chi connectivity index (χ0v) is 12.1. The number of benzene rings is 1. The molecular formula is C16H25NO2. The summed E-state index contributed by atoms with van der Waals surface area (Å²) >= 11 is 0. The Hall–Kier alpha value is -1.22. The number of phenolic OH excluding ortho intramolecular Hbond substituents is 1. The molecule has 3 nitrogen and oxygen atoms in total. The Labute approximate surface area is 116 Å². The van der Waals surface area contributed by atoms with Crippen LogP contribution in [-0.4, -0.2) is 18.3 Å². The lowest BCUT2D eigenvalue weighted by Crippen LogP contribution is -2.32. The molecule has 1 aliphatic rings. The molecular weight excluding hydrogens is 238 g/mol. The van der Waals surface area contributed by atoms with Crippen molar-refractivity contribution in [2.45, 2.75) is 45.7 Å². The Morgan fingerprint density at radius 1 is 1.37 bits per heavy atom. The van der Waals surface area contributed by atoms with Gasteiger partial charge in [-0.3, -0.25) is 0 Å². The Morgan fingerprint density at radius 2 is 2.16 bits per heavy atom. The third kappa shape index (κ3) is 3.21. The van der Waals surface area contributed by atoms with Crippen molar-refractivity contribution in [2.24, 2.45) is 11.8 Å². The Kier molecular flexibility index (Phi) is 4.70. The molecule has 0 aliphatic heterocycles. The highest BCUT2D eigenvalue weighted by Crippen LogP contribution is 2.34. The highest BCUT2D eigenvalue weighted by atomic mass is 16.5. The number of rotatable bonds is 5. The summed E-state index contributed by atoms with van der Waals surface area (Å²) in [6, 6.07) is 6.16. The molecule has 0 bridgehead atoms. The first-order valence-electron chi connectivity index (χ1n) is 7.25. The molecule has 2 rings (SSSR count). The third-order valence-electron chi connectivity index (χ3n) is 4.56. The maximum absolute atomic E-state index is 9.58. The molecule has 0 spiro atoms. The highest BCUT2D eigenvalue weighted by Gasteiger charge is 2.30. The summed E-state index contributed by atoms with van der Waals surface area (Å²) in [6.45, 7) is 5.48. The van der Waals surface area contributed by atoms with E-state index in [1.54, 1.807) is 13.2 Å². The Balaban J connectivity index is 1.92. The van der Waals surface area contributed by atoms with E-state index in [2.05, 4.69) is 19.2 Å². The van der Waals surface area contributed by atoms with Gasteiger partial charge in [0, 0.05) is 12.6 Å². The van der Waals surface area contributed by atoms with Crippen LogP contribution in [0.15, 0.2) is 18.2 Å². The van der Waals surface area contributed by atoms with Gasteiger partial charge in [-0.2, -0.15) is 0 Å². The van der Waals surface area contributed by atoms with Crippen molar-refractivity contribution >= 4 is 0 Å². The fourth-order valence-corrected chi connectivity index (χ4v) is 3.19. The molecule has 3 atom stereocenters. The topological polar surface area (TPSA) is 41.5 Å². The monoisotopic (exact) mass is 263 g/mol. The fourth-order valence-electron chi connectivity index (χ4n) is 3.19. The van der Waals surface area contributed by atoms with Crippen LogP contribution < -0.4 is 10.1 Å². The van der Waals surface area contributed by atoms with Gasteiger partial charge in [0.05, 0.1) is 7.11 Å². The predicted octanol–water partition coefficient (Wildman–Crippen LogP) is 3.32. The van der Waals surface area contributed by atoms with Gasteiger partial charge in [0.25, 0.3) is 0 Å². The summed E-state index contributed by atoms with van der Waals surface area (Å²) in [5.41, 5.74) is 1.15. The Bertz CT molecular complexity index is 419. The summed E-state index contributed by atoms with van der Waals surface area (Å²) in [7, 11) is 1.58. The SMILES string of the molecule is CCC1CCC(NCc2ccc(O)c(OC)c2)C1C. The number of hydrogen-bond acceptors (Lipinski definition) is 3. The predicted molar refractivity (Wildman–Crippen MR) is 77.5 cm³/mol. The van der Waals surface area contributed by atoms with Gasteiger partial charge in [0.1, 0.15) is 0 Å². The van der Waals surface area contributed by atoms with E-state index in [1.807, 2.05) is 12.1 Å². The van der Waals surface area contributed by atoms with Crippen LogP contribution in [0.2, 0.25) is 0 Å². The van der Waals surface area contributed by atoms with E-state index in [4.69, 9.17) is 4.74 Å². The van der Waals surface area contributed by atoms with Crippen LogP contribution in [0.25, 0.3) is 0 Å². The lowest BCUT2D eigenvalue weighted by atomic mass is 9.93. The third-order valence-corrected chi connectivity index (χ3v) is 4.56. The van der Waals surface area contributed by atoms with E-state index in [0.29, 0.717) is 11.8 Å². The second-order valence-corrected chi connectivity index (χ2v) is 5.60. The van der Waals surface area contributed by atoms with Crippen LogP contribution in [0.3, 0.4) is 0 Å². The summed E-state index contributed by atoms with van der Waals surface area (Å²) < 4.78 is 5.14. The molecule has 0 heterocycles. The molecule has 1 fully saturated rings. The second-order valence-electron chi connectivity index (χ2n) is 5.60. The summed E-state index contributed by atoms with van der Waals surface area (Å²) in [5.74, 6) is 2.37. The van der Waals surface area contributed by atoms with Gasteiger partial charge in [0.2, 0.25) is 0 Å². The van der Waals surface area contributed by atoms with Crippen molar-refractivity contribution in [3.8, 4) is 11.5 Å². The lowest BCUT2D eigenvalue weighted by molar-refractivity contribution is 0.343. The van der Waals surface area contributed by atoms with Crippen molar-refractivity contribution in [1.29, 1.82) is 0 Å². The van der Waals surface area contributed by atoms with Gasteiger partial charge in [0.15, 0.2) is 11.5 Å². The van der Waals surface area contributed by atoms with E-state index >= 15 is 0 Å². The minimum absolute atomic E-state index is 0.200. The average Bonchev–Trinajstić information content (AvgIpc) is 2.78. The number of nitrogens with one attached hydrogen (secondary N) is 1. The number of hydrogen-bond donors (Lipinski definition) is 2. The molecule has 1 aromatic rings. The van der Waals surface area contributed by atoms with Gasteiger partial charge in [-0.25, -0.2) is 0 Å². The standard InChI is InChI=1S/C16H25NO2/c1-4-13-6-7-14(11(13)2)17-10-12-5-8-15(18)16(9-12)19-3/h5,8-9,11,13-14,17-18H,4,6-7,10H2,1-3H3. The van der Waals surface area contributed by atoms with Crippen molar-refractivity contribution in [1.82, 2.24) is 5.32 Å². The van der Waals surface area contributed by atoms with Gasteiger partial charge < -0.3 is 15.2 Å². The highest BCUT2D eigenvalue weighted by molar-refractivity contribution is 5.41. The van der Waals surface area contributed by atoms with E-state index < -0.39 is 0 Å². The zero-order chi connectivity index (χ0) is 13.8. The van der Waals surface area contributed by atoms with E-state index in [1.165, 1.54) is 19.3 Å². The maximum Gasteiger partial charge on any atom is 0.160 e. The van der Waals surface area contributed by atoms with Crippen LogP contribution >= 0.6 is 0 Å². The van der Waals surface area contributed by atoms with Crippen LogP contribution in [0.5, 0.6) is 11.5 Å². The normalized spacial score (nSPS) is 26.6. The summed E-state index contributed by atoms with van der Waals surface area (Å²) in [5, 5.41) is 13.2. The van der Waals surface area contributed by atoms with Crippen LogP contribution in [0, 0.1) is 11.8 Å². The van der Waals surface area contributed by atoms with Crippen LogP contribution in [-0.2, 0) is 6.54 Å². The number of phenols is 1. The average molecular weight is 263 g/mol. The summed E-state index contributed by atoms with van der Waals surface area (Å²) in [6.07, 6.45) is 3.90. The first-order valence-corrected chi connectivity index (χ1v) is 7.25.